The summed E-state index contributed by atoms with van der Waals surface area (Å²) in [4.78, 5) is 0. The van der Waals surface area contributed by atoms with Crippen LogP contribution in [0.2, 0.25) is 0 Å². The van der Waals surface area contributed by atoms with E-state index in [0.29, 0.717) is 0 Å². The minimum atomic E-state index is -0.144. The van der Waals surface area contributed by atoms with E-state index < -0.39 is 0 Å². The fourth-order valence-electron chi connectivity index (χ4n) is 0. The Morgan fingerprint density at radius 2 is 1.43 bits per heavy atom. The second-order valence-electron chi connectivity index (χ2n) is 2.20. The SMILES string of the molecule is CC(C)(C)O[S-].[K+]. The summed E-state index contributed by atoms with van der Waals surface area (Å²) in [5, 5.41) is 0. The minimum absolute atomic E-state index is 0. The van der Waals surface area contributed by atoms with Crippen LogP contribution in [0.15, 0.2) is 0 Å². The standard InChI is InChI=1S/C4H10OS.K/c1-4(2,3)5-6;/h6H,1-3H3;/q;+1/p-1. The average Bonchev–Trinajstić information content (AvgIpc) is 1.35. The predicted molar refractivity (Wildman–Crippen MR) is 28.2 cm³/mol. The van der Waals surface area contributed by atoms with Crippen molar-refractivity contribution in [3.8, 4) is 0 Å². The van der Waals surface area contributed by atoms with Crippen LogP contribution in [0.1, 0.15) is 20.8 Å². The molecule has 0 amide bonds. The Balaban J connectivity index is 0. The summed E-state index contributed by atoms with van der Waals surface area (Å²) in [5.74, 6) is 0. The molecule has 0 rings (SSSR count). The fraction of sp³-hybridized carbons (Fsp3) is 1.00. The van der Waals surface area contributed by atoms with Gasteiger partial charge >= 0.3 is 51.4 Å². The molecule has 7 heavy (non-hydrogen) atoms. The quantitative estimate of drug-likeness (QED) is 0.295. The van der Waals surface area contributed by atoms with Gasteiger partial charge in [-0.2, -0.15) is 0 Å². The van der Waals surface area contributed by atoms with Crippen molar-refractivity contribution in [3.05, 3.63) is 0 Å². The topological polar surface area (TPSA) is 9.23 Å². The first-order chi connectivity index (χ1) is 2.56. The van der Waals surface area contributed by atoms with Crippen molar-refractivity contribution in [2.75, 3.05) is 0 Å². The summed E-state index contributed by atoms with van der Waals surface area (Å²) in [7, 11) is 0. The third kappa shape index (κ3) is 11.5. The van der Waals surface area contributed by atoms with E-state index in [1.807, 2.05) is 20.8 Å². The van der Waals surface area contributed by atoms with Gasteiger partial charge in [-0.3, -0.25) is 0 Å². The molecule has 0 radical (unpaired) electrons. The van der Waals surface area contributed by atoms with Gasteiger partial charge in [-0.15, -0.1) is 0 Å². The summed E-state index contributed by atoms with van der Waals surface area (Å²) in [6.07, 6.45) is 0. The van der Waals surface area contributed by atoms with Gasteiger partial charge in [0.05, 0.1) is 0 Å². The van der Waals surface area contributed by atoms with E-state index in [1.54, 1.807) is 0 Å². The van der Waals surface area contributed by atoms with Gasteiger partial charge in [-0.25, -0.2) is 0 Å². The molecule has 0 bridgehead atoms. The molecule has 0 fully saturated rings. The zero-order chi connectivity index (χ0) is 5.21. The zero-order valence-electron chi connectivity index (χ0n) is 5.32. The van der Waals surface area contributed by atoms with E-state index in [9.17, 15) is 0 Å². The predicted octanol–water partition coefficient (Wildman–Crippen LogP) is -1.73. The Kier molecular flexibility index (Phi) is 8.01. The van der Waals surface area contributed by atoms with Crippen LogP contribution in [0.5, 0.6) is 0 Å². The van der Waals surface area contributed by atoms with Crippen molar-refractivity contribution in [1.82, 2.24) is 0 Å². The van der Waals surface area contributed by atoms with Crippen molar-refractivity contribution in [1.29, 1.82) is 0 Å². The van der Waals surface area contributed by atoms with Gasteiger partial charge in [0, 0.05) is 5.60 Å². The number of hydrogen-bond donors (Lipinski definition) is 0. The second kappa shape index (κ2) is 4.79. The Morgan fingerprint density at radius 1 is 1.29 bits per heavy atom. The first-order valence-corrected chi connectivity index (χ1v) is 2.20. The molecule has 38 valence electrons. The molecule has 0 aliphatic carbocycles. The zero-order valence-corrected chi connectivity index (χ0v) is 9.26. The van der Waals surface area contributed by atoms with Crippen molar-refractivity contribution < 1.29 is 55.6 Å². The number of rotatable bonds is 0. The van der Waals surface area contributed by atoms with Crippen molar-refractivity contribution in [3.63, 3.8) is 0 Å². The monoisotopic (exact) mass is 144 g/mol. The summed E-state index contributed by atoms with van der Waals surface area (Å²) in [6.45, 7) is 5.75. The normalized spacial score (nSPS) is 10.3. The maximum atomic E-state index is 4.52. The molecule has 0 heterocycles. The van der Waals surface area contributed by atoms with Crippen molar-refractivity contribution in [2.24, 2.45) is 0 Å². The Labute approximate surface area is 93.2 Å². The van der Waals surface area contributed by atoms with Crippen LogP contribution in [-0.4, -0.2) is 5.60 Å². The molecule has 0 aromatic heterocycles. The molecule has 0 aliphatic rings. The molecule has 3 heteroatoms. The first-order valence-electron chi connectivity index (χ1n) is 1.87. The van der Waals surface area contributed by atoms with Crippen molar-refractivity contribution >= 4 is 12.9 Å². The first kappa shape index (κ1) is 11.7. The van der Waals surface area contributed by atoms with Gasteiger partial charge < -0.3 is 17.1 Å². The number of hydrogen-bond acceptors (Lipinski definition) is 2. The molecule has 0 aromatic carbocycles. The molecule has 0 aromatic rings. The van der Waals surface area contributed by atoms with Crippen LogP contribution in [0.25, 0.3) is 0 Å². The minimum Gasteiger partial charge on any atom is -0.623 e. The molecule has 0 N–H and O–H groups in total. The van der Waals surface area contributed by atoms with Crippen LogP contribution < -0.4 is 51.4 Å². The molecule has 0 unspecified atom stereocenters. The van der Waals surface area contributed by atoms with E-state index in [1.165, 1.54) is 0 Å². The molecule has 1 nitrogen and oxygen atoms in total. The molecule has 0 aliphatic heterocycles. The maximum Gasteiger partial charge on any atom is 1.00 e. The van der Waals surface area contributed by atoms with Gasteiger partial charge in [-0.1, -0.05) is 0 Å². The summed E-state index contributed by atoms with van der Waals surface area (Å²) >= 11 is 4.29. The smallest absolute Gasteiger partial charge is 0.623 e. The van der Waals surface area contributed by atoms with Gasteiger partial charge in [0.25, 0.3) is 0 Å². The summed E-state index contributed by atoms with van der Waals surface area (Å²) in [6, 6.07) is 0. The van der Waals surface area contributed by atoms with Crippen LogP contribution >= 0.6 is 0 Å². The fourth-order valence-corrected chi connectivity index (χ4v) is 0. The summed E-state index contributed by atoms with van der Waals surface area (Å²) in [5.41, 5.74) is -0.144. The molecular formula is C4H9KOS. The van der Waals surface area contributed by atoms with Gasteiger partial charge in [0.2, 0.25) is 0 Å². The largest absolute Gasteiger partial charge is 1.00 e. The van der Waals surface area contributed by atoms with Gasteiger partial charge in [-0.05, 0) is 20.8 Å². The third-order valence-corrected chi connectivity index (χ3v) is 0.750. The van der Waals surface area contributed by atoms with Gasteiger partial charge in [0.15, 0.2) is 0 Å². The second-order valence-corrected chi connectivity index (χ2v) is 2.36. The third-order valence-electron chi connectivity index (χ3n) is 0.250. The Bertz CT molecular complexity index is 41.4. The molecule has 0 saturated heterocycles. The van der Waals surface area contributed by atoms with Gasteiger partial charge in [0.1, 0.15) is 0 Å². The maximum absolute atomic E-state index is 4.52. The summed E-state index contributed by atoms with van der Waals surface area (Å²) < 4.78 is 4.52. The van der Waals surface area contributed by atoms with E-state index in [4.69, 9.17) is 0 Å². The van der Waals surface area contributed by atoms with Crippen LogP contribution in [-0.2, 0) is 17.1 Å². The average molecular weight is 144 g/mol. The molecule has 0 spiro atoms. The molecule has 0 atom stereocenters. The van der Waals surface area contributed by atoms with Crippen LogP contribution in [0, 0.1) is 0 Å². The van der Waals surface area contributed by atoms with E-state index in [2.05, 4.69) is 17.1 Å². The van der Waals surface area contributed by atoms with E-state index >= 15 is 0 Å². The van der Waals surface area contributed by atoms with Crippen LogP contribution in [0.3, 0.4) is 0 Å². The molecular weight excluding hydrogens is 135 g/mol. The van der Waals surface area contributed by atoms with Crippen LogP contribution in [0.4, 0.5) is 0 Å². The van der Waals surface area contributed by atoms with E-state index in [0.717, 1.165) is 0 Å². The Morgan fingerprint density at radius 3 is 1.43 bits per heavy atom. The Hall–Kier alpha value is 1.95. The van der Waals surface area contributed by atoms with Crippen molar-refractivity contribution in [2.45, 2.75) is 26.4 Å². The van der Waals surface area contributed by atoms with E-state index in [-0.39, 0.29) is 57.0 Å². The molecule has 0 saturated carbocycles.